The van der Waals surface area contributed by atoms with Crippen molar-refractivity contribution in [1.29, 1.82) is 0 Å². The van der Waals surface area contributed by atoms with E-state index in [0.29, 0.717) is 5.75 Å². The first-order chi connectivity index (χ1) is 7.26. The number of hydrogen-bond acceptors (Lipinski definition) is 2. The van der Waals surface area contributed by atoms with E-state index in [1.807, 2.05) is 12.1 Å². The highest BCUT2D eigenvalue weighted by molar-refractivity contribution is 5.66. The van der Waals surface area contributed by atoms with Crippen LogP contribution >= 0.6 is 0 Å². The van der Waals surface area contributed by atoms with Crippen molar-refractivity contribution in [2.75, 3.05) is 7.11 Å². The van der Waals surface area contributed by atoms with Gasteiger partial charge in [0.05, 0.1) is 13.4 Å². The summed E-state index contributed by atoms with van der Waals surface area (Å²) in [5.41, 5.74) is 1.73. The van der Waals surface area contributed by atoms with Crippen molar-refractivity contribution in [3.05, 3.63) is 49.3 Å². The normalized spacial score (nSPS) is 9.13. The zero-order valence-electron chi connectivity index (χ0n) is 8.82. The van der Waals surface area contributed by atoms with E-state index in [9.17, 15) is 0 Å². The maximum absolute atomic E-state index is 5.26. The molecule has 0 amide bonds. The molecule has 0 saturated carbocycles. The van der Waals surface area contributed by atoms with E-state index in [4.69, 9.17) is 9.47 Å². The average Bonchev–Trinajstić information content (AvgIpc) is 2.28. The lowest BCUT2D eigenvalue weighted by atomic mass is 10.1. The molecule has 2 heteroatoms. The van der Waals surface area contributed by atoms with Gasteiger partial charge in [-0.05, 0) is 12.1 Å². The lowest BCUT2D eigenvalue weighted by molar-refractivity contribution is 0.411. The van der Waals surface area contributed by atoms with Crippen LogP contribution in [0.2, 0.25) is 0 Å². The SMILES string of the molecule is C=COc1cc(C=C)c(OC)cc1C=C. The van der Waals surface area contributed by atoms with E-state index in [0.717, 1.165) is 16.9 Å². The van der Waals surface area contributed by atoms with Crippen LogP contribution in [0.5, 0.6) is 11.5 Å². The van der Waals surface area contributed by atoms with Crippen molar-refractivity contribution in [2.24, 2.45) is 0 Å². The minimum atomic E-state index is 0.690. The fourth-order valence-electron chi connectivity index (χ4n) is 1.28. The summed E-state index contributed by atoms with van der Waals surface area (Å²) in [6, 6.07) is 3.69. The van der Waals surface area contributed by atoms with Gasteiger partial charge in [0.1, 0.15) is 11.5 Å². The molecule has 0 bridgehead atoms. The van der Waals surface area contributed by atoms with Crippen LogP contribution in [-0.4, -0.2) is 7.11 Å². The minimum Gasteiger partial charge on any atom is -0.496 e. The molecule has 0 N–H and O–H groups in total. The molecule has 0 heterocycles. The number of hydrogen-bond donors (Lipinski definition) is 0. The second kappa shape index (κ2) is 5.05. The third kappa shape index (κ3) is 2.29. The minimum absolute atomic E-state index is 0.690. The molecule has 0 aliphatic carbocycles. The highest BCUT2D eigenvalue weighted by atomic mass is 16.5. The van der Waals surface area contributed by atoms with Crippen LogP contribution in [0.3, 0.4) is 0 Å². The summed E-state index contributed by atoms with van der Waals surface area (Å²) in [4.78, 5) is 0. The molecule has 0 unspecified atom stereocenters. The second-order valence-electron chi connectivity index (χ2n) is 2.82. The molecule has 78 valence electrons. The summed E-state index contributed by atoms with van der Waals surface area (Å²) in [5.74, 6) is 1.44. The maximum Gasteiger partial charge on any atom is 0.134 e. The molecular weight excluding hydrogens is 188 g/mol. The van der Waals surface area contributed by atoms with Gasteiger partial charge in [0.2, 0.25) is 0 Å². The van der Waals surface area contributed by atoms with Gasteiger partial charge in [-0.3, -0.25) is 0 Å². The molecule has 0 atom stereocenters. The first kappa shape index (κ1) is 11.1. The van der Waals surface area contributed by atoms with Gasteiger partial charge in [-0.15, -0.1) is 0 Å². The van der Waals surface area contributed by atoms with E-state index in [2.05, 4.69) is 19.7 Å². The van der Waals surface area contributed by atoms with Gasteiger partial charge in [-0.2, -0.15) is 0 Å². The predicted molar refractivity (Wildman–Crippen MR) is 64.0 cm³/mol. The van der Waals surface area contributed by atoms with Gasteiger partial charge in [0.15, 0.2) is 0 Å². The van der Waals surface area contributed by atoms with E-state index in [1.54, 1.807) is 19.3 Å². The summed E-state index contributed by atoms with van der Waals surface area (Å²) >= 11 is 0. The van der Waals surface area contributed by atoms with Crippen LogP contribution in [0.4, 0.5) is 0 Å². The van der Waals surface area contributed by atoms with Gasteiger partial charge in [0.25, 0.3) is 0 Å². The highest BCUT2D eigenvalue weighted by Gasteiger charge is 2.06. The Hall–Kier alpha value is -1.96. The lowest BCUT2D eigenvalue weighted by Crippen LogP contribution is -1.92. The monoisotopic (exact) mass is 202 g/mol. The van der Waals surface area contributed by atoms with Crippen molar-refractivity contribution in [3.63, 3.8) is 0 Å². The van der Waals surface area contributed by atoms with Crippen LogP contribution in [0, 0.1) is 0 Å². The molecule has 1 aromatic carbocycles. The molecule has 1 rings (SSSR count). The number of ether oxygens (including phenoxy) is 2. The van der Waals surface area contributed by atoms with E-state index < -0.39 is 0 Å². The molecular formula is C13H14O2. The summed E-state index contributed by atoms with van der Waals surface area (Å²) < 4.78 is 10.5. The van der Waals surface area contributed by atoms with Crippen molar-refractivity contribution >= 4 is 12.2 Å². The molecule has 0 aliphatic rings. The van der Waals surface area contributed by atoms with Crippen LogP contribution in [0.15, 0.2) is 38.1 Å². The van der Waals surface area contributed by atoms with Crippen molar-refractivity contribution < 1.29 is 9.47 Å². The molecule has 0 radical (unpaired) electrons. The van der Waals surface area contributed by atoms with Gasteiger partial charge in [-0.25, -0.2) is 0 Å². The fourth-order valence-corrected chi connectivity index (χ4v) is 1.28. The molecule has 15 heavy (non-hydrogen) atoms. The van der Waals surface area contributed by atoms with Gasteiger partial charge >= 0.3 is 0 Å². The van der Waals surface area contributed by atoms with Crippen molar-refractivity contribution in [3.8, 4) is 11.5 Å². The van der Waals surface area contributed by atoms with E-state index >= 15 is 0 Å². The van der Waals surface area contributed by atoms with Crippen LogP contribution in [-0.2, 0) is 0 Å². The summed E-state index contributed by atoms with van der Waals surface area (Å²) in [6.07, 6.45) is 4.79. The summed E-state index contributed by atoms with van der Waals surface area (Å²) in [6.45, 7) is 10.9. The number of methoxy groups -OCH3 is 1. The third-order valence-electron chi connectivity index (χ3n) is 2.01. The quantitative estimate of drug-likeness (QED) is 0.680. The Labute approximate surface area is 90.1 Å². The Morgan fingerprint density at radius 3 is 2.00 bits per heavy atom. The van der Waals surface area contributed by atoms with Gasteiger partial charge in [-0.1, -0.05) is 31.9 Å². The molecule has 0 spiro atoms. The van der Waals surface area contributed by atoms with Crippen molar-refractivity contribution in [1.82, 2.24) is 0 Å². The maximum atomic E-state index is 5.26. The Balaban J connectivity index is 3.32. The Morgan fingerprint density at radius 2 is 1.53 bits per heavy atom. The zero-order chi connectivity index (χ0) is 11.3. The Morgan fingerprint density at radius 1 is 1.00 bits per heavy atom. The molecule has 1 aromatic rings. The lowest BCUT2D eigenvalue weighted by Gasteiger charge is -2.10. The largest absolute Gasteiger partial charge is 0.496 e. The average molecular weight is 202 g/mol. The second-order valence-corrected chi connectivity index (χ2v) is 2.82. The smallest absolute Gasteiger partial charge is 0.134 e. The summed E-state index contributed by atoms with van der Waals surface area (Å²) in [7, 11) is 1.61. The van der Waals surface area contributed by atoms with Crippen molar-refractivity contribution in [2.45, 2.75) is 0 Å². The fraction of sp³-hybridized carbons (Fsp3) is 0.0769. The van der Waals surface area contributed by atoms with Crippen LogP contribution < -0.4 is 9.47 Å². The molecule has 0 fully saturated rings. The standard InChI is InChI=1S/C13H14O2/c1-5-10-9-13(15-7-3)11(6-2)8-12(10)14-4/h5-9H,1-3H2,4H3. The van der Waals surface area contributed by atoms with Gasteiger partial charge < -0.3 is 9.47 Å². The summed E-state index contributed by atoms with van der Waals surface area (Å²) in [5, 5.41) is 0. The first-order valence-electron chi connectivity index (χ1n) is 4.51. The van der Waals surface area contributed by atoms with E-state index in [1.165, 1.54) is 6.26 Å². The first-order valence-corrected chi connectivity index (χ1v) is 4.51. The predicted octanol–water partition coefficient (Wildman–Crippen LogP) is 3.50. The van der Waals surface area contributed by atoms with Crippen LogP contribution in [0.25, 0.3) is 12.2 Å². The highest BCUT2D eigenvalue weighted by Crippen LogP contribution is 2.30. The Kier molecular flexibility index (Phi) is 3.75. The van der Waals surface area contributed by atoms with E-state index in [-0.39, 0.29) is 0 Å². The number of rotatable bonds is 5. The third-order valence-corrected chi connectivity index (χ3v) is 2.01. The number of benzene rings is 1. The molecule has 0 aliphatic heterocycles. The molecule has 0 aromatic heterocycles. The molecule has 2 nitrogen and oxygen atoms in total. The zero-order valence-corrected chi connectivity index (χ0v) is 8.82. The Bertz CT molecular complexity index is 392. The van der Waals surface area contributed by atoms with Crippen LogP contribution in [0.1, 0.15) is 11.1 Å². The topological polar surface area (TPSA) is 18.5 Å². The van der Waals surface area contributed by atoms with Gasteiger partial charge in [0, 0.05) is 11.1 Å². The molecule has 0 saturated heterocycles.